The van der Waals surface area contributed by atoms with Crippen molar-refractivity contribution in [2.24, 2.45) is 0 Å². The Hall–Kier alpha value is -2.62. The van der Waals surface area contributed by atoms with Crippen molar-refractivity contribution in [3.05, 3.63) is 47.9 Å². The van der Waals surface area contributed by atoms with Crippen LogP contribution in [0.3, 0.4) is 0 Å². The van der Waals surface area contributed by atoms with Gasteiger partial charge in [0.15, 0.2) is 11.2 Å². The highest BCUT2D eigenvalue weighted by molar-refractivity contribution is 5.90. The van der Waals surface area contributed by atoms with Gasteiger partial charge >= 0.3 is 0 Å². The molecule has 0 radical (unpaired) electrons. The van der Waals surface area contributed by atoms with Gasteiger partial charge in [-0.15, -0.1) is 0 Å². The highest BCUT2D eigenvalue weighted by Crippen LogP contribution is 2.33. The Labute approximate surface area is 166 Å². The molecule has 0 unspecified atom stereocenters. The lowest BCUT2D eigenvalue weighted by Gasteiger charge is -2.23. The van der Waals surface area contributed by atoms with Crippen LogP contribution in [0, 0.1) is 0 Å². The molecule has 0 aliphatic rings. The Kier molecular flexibility index (Phi) is 4.33. The van der Waals surface area contributed by atoms with Crippen LogP contribution in [0.15, 0.2) is 45.2 Å². The van der Waals surface area contributed by atoms with E-state index in [0.717, 1.165) is 46.5 Å². The van der Waals surface area contributed by atoms with Crippen molar-refractivity contribution in [2.45, 2.75) is 65.2 Å². The third-order valence-electron chi connectivity index (χ3n) is 6.16. The van der Waals surface area contributed by atoms with Gasteiger partial charge in [0.1, 0.15) is 11.0 Å². The predicted octanol–water partition coefficient (Wildman–Crippen LogP) is 7.01. The summed E-state index contributed by atoms with van der Waals surface area (Å²) in [4.78, 5) is 9.38. The van der Waals surface area contributed by atoms with Crippen LogP contribution < -0.4 is 0 Å². The summed E-state index contributed by atoms with van der Waals surface area (Å²) in [6, 6.07) is 12.4. The molecule has 0 spiro atoms. The number of fused-ring (bicyclic) bond motifs is 2. The molecule has 0 N–H and O–H groups in total. The molecule has 146 valence electrons. The Balaban J connectivity index is 1.72. The van der Waals surface area contributed by atoms with Crippen molar-refractivity contribution >= 4 is 22.2 Å². The molecule has 0 fully saturated rings. The largest absolute Gasteiger partial charge is 0.440 e. The second kappa shape index (κ2) is 6.47. The fourth-order valence-electron chi connectivity index (χ4n) is 3.18. The van der Waals surface area contributed by atoms with Crippen molar-refractivity contribution < 1.29 is 8.83 Å². The van der Waals surface area contributed by atoms with Gasteiger partial charge in [-0.1, -0.05) is 53.7 Å². The van der Waals surface area contributed by atoms with E-state index < -0.39 is 0 Å². The molecule has 0 aliphatic carbocycles. The first-order valence-electron chi connectivity index (χ1n) is 10.1. The number of hydrogen-bond donors (Lipinski definition) is 0. The van der Waals surface area contributed by atoms with Gasteiger partial charge < -0.3 is 8.83 Å². The average Bonchev–Trinajstić information content (AvgIpc) is 3.29. The number of nitrogens with zero attached hydrogens (tertiary/aromatic N) is 2. The van der Waals surface area contributed by atoms with Gasteiger partial charge in [0.2, 0.25) is 11.8 Å². The van der Waals surface area contributed by atoms with Crippen LogP contribution in [0.1, 0.15) is 65.8 Å². The molecule has 4 nitrogen and oxygen atoms in total. The van der Waals surface area contributed by atoms with Crippen LogP contribution >= 0.6 is 0 Å². The van der Waals surface area contributed by atoms with E-state index in [4.69, 9.17) is 8.83 Å². The maximum absolute atomic E-state index is 6.04. The van der Waals surface area contributed by atoms with Gasteiger partial charge in [0.25, 0.3) is 0 Å². The molecule has 2 aromatic heterocycles. The fourth-order valence-corrected chi connectivity index (χ4v) is 3.18. The first-order chi connectivity index (χ1) is 13.2. The predicted molar refractivity (Wildman–Crippen MR) is 114 cm³/mol. The third kappa shape index (κ3) is 3.11. The van der Waals surface area contributed by atoms with Crippen molar-refractivity contribution in [2.75, 3.05) is 0 Å². The van der Waals surface area contributed by atoms with Crippen molar-refractivity contribution in [3.63, 3.8) is 0 Å². The molecule has 0 amide bonds. The third-order valence-corrected chi connectivity index (χ3v) is 6.16. The second-order valence-corrected chi connectivity index (χ2v) is 8.88. The van der Waals surface area contributed by atoms with Crippen molar-refractivity contribution in [1.29, 1.82) is 0 Å². The molecule has 28 heavy (non-hydrogen) atoms. The maximum atomic E-state index is 6.04. The minimum atomic E-state index is -0.0905. The van der Waals surface area contributed by atoms with Crippen molar-refractivity contribution in [1.82, 2.24) is 9.97 Å². The highest BCUT2D eigenvalue weighted by Gasteiger charge is 2.25. The Bertz CT molecular complexity index is 1080. The number of rotatable bonds is 5. The minimum Gasteiger partial charge on any atom is -0.440 e. The molecule has 2 aromatic carbocycles. The first kappa shape index (κ1) is 18.7. The zero-order valence-corrected chi connectivity index (χ0v) is 17.6. The van der Waals surface area contributed by atoms with Crippen LogP contribution in [0.4, 0.5) is 0 Å². The molecular formula is C24H28N2O2. The lowest BCUT2D eigenvalue weighted by Crippen LogP contribution is -2.15. The van der Waals surface area contributed by atoms with E-state index in [-0.39, 0.29) is 10.8 Å². The average molecular weight is 377 g/mol. The lowest BCUT2D eigenvalue weighted by atomic mass is 9.82. The molecule has 0 saturated carbocycles. The SMILES string of the molecule is CCC(C)(C)c1ccc(-c2nc3cc4nc(C(C)(C)CC)oc4cc3o2)cc1. The van der Waals surface area contributed by atoms with Gasteiger partial charge in [0.05, 0.1) is 0 Å². The molecule has 0 aliphatic heterocycles. The summed E-state index contributed by atoms with van der Waals surface area (Å²) in [7, 11) is 0. The Morgan fingerprint density at radius 3 is 2.00 bits per heavy atom. The van der Waals surface area contributed by atoms with E-state index >= 15 is 0 Å². The molecule has 0 saturated heterocycles. The molecule has 4 aromatic rings. The smallest absolute Gasteiger partial charge is 0.227 e. The van der Waals surface area contributed by atoms with E-state index in [2.05, 4.69) is 75.8 Å². The molecule has 2 heterocycles. The topological polar surface area (TPSA) is 52.1 Å². The van der Waals surface area contributed by atoms with Gasteiger partial charge in [-0.2, -0.15) is 0 Å². The van der Waals surface area contributed by atoms with Crippen LogP contribution in [0.25, 0.3) is 33.7 Å². The van der Waals surface area contributed by atoms with Crippen LogP contribution in [-0.4, -0.2) is 9.97 Å². The summed E-state index contributed by atoms with van der Waals surface area (Å²) in [6.07, 6.45) is 2.06. The van der Waals surface area contributed by atoms with Crippen LogP contribution in [0.5, 0.6) is 0 Å². The normalized spacial score (nSPS) is 12.9. The summed E-state index contributed by atoms with van der Waals surface area (Å²) in [5.74, 6) is 1.38. The van der Waals surface area contributed by atoms with E-state index in [9.17, 15) is 0 Å². The summed E-state index contributed by atoms with van der Waals surface area (Å²) >= 11 is 0. The summed E-state index contributed by atoms with van der Waals surface area (Å²) in [5, 5.41) is 0. The number of oxazole rings is 2. The zero-order valence-electron chi connectivity index (χ0n) is 17.6. The second-order valence-electron chi connectivity index (χ2n) is 8.88. The number of benzene rings is 2. The van der Waals surface area contributed by atoms with E-state index in [0.29, 0.717) is 5.89 Å². The molecule has 0 atom stereocenters. The first-order valence-corrected chi connectivity index (χ1v) is 10.1. The van der Waals surface area contributed by atoms with Crippen LogP contribution in [0.2, 0.25) is 0 Å². The van der Waals surface area contributed by atoms with Crippen LogP contribution in [-0.2, 0) is 10.8 Å². The number of aromatic nitrogens is 2. The van der Waals surface area contributed by atoms with Gasteiger partial charge in [0, 0.05) is 17.0 Å². The van der Waals surface area contributed by atoms with E-state index in [1.54, 1.807) is 0 Å². The van der Waals surface area contributed by atoms with Gasteiger partial charge in [-0.3, -0.25) is 0 Å². The Morgan fingerprint density at radius 2 is 1.36 bits per heavy atom. The minimum absolute atomic E-state index is 0.0905. The monoisotopic (exact) mass is 376 g/mol. The van der Waals surface area contributed by atoms with E-state index in [1.165, 1.54) is 5.56 Å². The molecule has 4 rings (SSSR count). The Morgan fingerprint density at radius 1 is 0.750 bits per heavy atom. The summed E-state index contributed by atoms with van der Waals surface area (Å²) < 4.78 is 12.0. The van der Waals surface area contributed by atoms with Crippen molar-refractivity contribution in [3.8, 4) is 11.5 Å². The van der Waals surface area contributed by atoms with Gasteiger partial charge in [-0.05, 0) is 42.0 Å². The molecular weight excluding hydrogens is 348 g/mol. The molecule has 0 bridgehead atoms. The molecule has 4 heteroatoms. The summed E-state index contributed by atoms with van der Waals surface area (Å²) in [5.41, 5.74) is 5.46. The standard InChI is InChI=1S/C24H28N2O2/c1-7-23(3,4)16-11-9-15(10-12-16)21-25-17-13-18-20(14-19(17)27-21)28-22(26-18)24(5,6)8-2/h9-14H,7-8H2,1-6H3. The highest BCUT2D eigenvalue weighted by atomic mass is 16.4. The van der Waals surface area contributed by atoms with E-state index in [1.807, 2.05) is 12.1 Å². The maximum Gasteiger partial charge on any atom is 0.227 e. The summed E-state index contributed by atoms with van der Waals surface area (Å²) in [6.45, 7) is 13.2. The van der Waals surface area contributed by atoms with Gasteiger partial charge in [-0.25, -0.2) is 9.97 Å². The fraction of sp³-hybridized carbons (Fsp3) is 0.417. The quantitative estimate of drug-likeness (QED) is 0.376. The zero-order chi connectivity index (χ0) is 20.1. The lowest BCUT2D eigenvalue weighted by molar-refractivity contribution is 0.373. The number of hydrogen-bond acceptors (Lipinski definition) is 4.